The topological polar surface area (TPSA) is 41.3 Å². The van der Waals surface area contributed by atoms with Crippen LogP contribution in [0, 0.1) is 5.41 Å². The predicted molar refractivity (Wildman–Crippen MR) is 76.2 cm³/mol. The number of anilines is 1. The van der Waals surface area contributed by atoms with Crippen molar-refractivity contribution in [1.29, 1.82) is 0 Å². The third-order valence-corrected chi connectivity index (χ3v) is 4.30. The SMILES string of the molecule is CC1(C)CCCN(c2nc(CNC3CC3)co2)CC1. The highest BCUT2D eigenvalue weighted by molar-refractivity contribution is 5.27. The van der Waals surface area contributed by atoms with Gasteiger partial charge in [0.25, 0.3) is 6.01 Å². The molecule has 0 bridgehead atoms. The third kappa shape index (κ3) is 3.50. The average Bonchev–Trinajstić information content (AvgIpc) is 3.11. The Morgan fingerprint density at radius 3 is 3.00 bits per heavy atom. The number of aromatic nitrogens is 1. The molecule has 0 atom stereocenters. The van der Waals surface area contributed by atoms with E-state index in [1.807, 2.05) is 0 Å². The van der Waals surface area contributed by atoms with Crippen molar-refractivity contribution in [1.82, 2.24) is 10.3 Å². The van der Waals surface area contributed by atoms with E-state index in [2.05, 4.69) is 29.0 Å². The molecule has 0 spiro atoms. The lowest BCUT2D eigenvalue weighted by Gasteiger charge is -2.22. The van der Waals surface area contributed by atoms with E-state index >= 15 is 0 Å². The van der Waals surface area contributed by atoms with E-state index in [0.717, 1.165) is 37.4 Å². The van der Waals surface area contributed by atoms with E-state index in [1.54, 1.807) is 6.26 Å². The lowest BCUT2D eigenvalue weighted by atomic mass is 9.85. The molecule has 0 amide bonds. The maximum atomic E-state index is 5.66. The van der Waals surface area contributed by atoms with E-state index < -0.39 is 0 Å². The monoisotopic (exact) mass is 263 g/mol. The van der Waals surface area contributed by atoms with E-state index in [-0.39, 0.29) is 0 Å². The molecule has 19 heavy (non-hydrogen) atoms. The third-order valence-electron chi connectivity index (χ3n) is 4.30. The van der Waals surface area contributed by atoms with Gasteiger partial charge in [0.15, 0.2) is 0 Å². The maximum absolute atomic E-state index is 5.66. The number of rotatable bonds is 4. The van der Waals surface area contributed by atoms with Crippen LogP contribution in [0.1, 0.15) is 51.6 Å². The second kappa shape index (κ2) is 5.16. The summed E-state index contributed by atoms with van der Waals surface area (Å²) in [5.41, 5.74) is 1.49. The lowest BCUT2D eigenvalue weighted by Crippen LogP contribution is -2.25. The molecule has 106 valence electrons. The molecule has 0 aromatic carbocycles. The summed E-state index contributed by atoms with van der Waals surface area (Å²) in [6.45, 7) is 7.68. The van der Waals surface area contributed by atoms with Gasteiger partial charge in [0, 0.05) is 25.7 Å². The first-order valence-electron chi connectivity index (χ1n) is 7.55. The van der Waals surface area contributed by atoms with Gasteiger partial charge in [-0.3, -0.25) is 0 Å². The molecule has 1 saturated carbocycles. The molecule has 1 aliphatic carbocycles. The Morgan fingerprint density at radius 2 is 2.21 bits per heavy atom. The predicted octanol–water partition coefficient (Wildman–Crippen LogP) is 2.94. The van der Waals surface area contributed by atoms with Crippen molar-refractivity contribution in [3.63, 3.8) is 0 Å². The highest BCUT2D eigenvalue weighted by Gasteiger charge is 2.25. The molecule has 1 aromatic rings. The maximum Gasteiger partial charge on any atom is 0.297 e. The summed E-state index contributed by atoms with van der Waals surface area (Å²) in [6.07, 6.45) is 8.16. The number of nitrogens with zero attached hydrogens (tertiary/aromatic N) is 2. The fourth-order valence-corrected chi connectivity index (χ4v) is 2.67. The van der Waals surface area contributed by atoms with Gasteiger partial charge in [-0.1, -0.05) is 13.8 Å². The molecular weight excluding hydrogens is 238 g/mol. The zero-order valence-electron chi connectivity index (χ0n) is 12.1. The molecule has 0 radical (unpaired) electrons. The van der Waals surface area contributed by atoms with Crippen LogP contribution in [0.4, 0.5) is 6.01 Å². The highest BCUT2D eigenvalue weighted by Crippen LogP contribution is 2.31. The Balaban J connectivity index is 1.58. The summed E-state index contributed by atoms with van der Waals surface area (Å²) in [6, 6.07) is 1.53. The fourth-order valence-electron chi connectivity index (χ4n) is 2.67. The van der Waals surface area contributed by atoms with E-state index in [1.165, 1.54) is 32.1 Å². The zero-order valence-corrected chi connectivity index (χ0v) is 12.1. The molecule has 1 saturated heterocycles. The first-order valence-corrected chi connectivity index (χ1v) is 7.55. The van der Waals surface area contributed by atoms with Gasteiger partial charge in [-0.25, -0.2) is 0 Å². The van der Waals surface area contributed by atoms with Crippen molar-refractivity contribution in [2.24, 2.45) is 5.41 Å². The first kappa shape index (κ1) is 13.0. The number of hydrogen-bond donors (Lipinski definition) is 1. The normalized spacial score (nSPS) is 23.4. The summed E-state index contributed by atoms with van der Waals surface area (Å²) in [7, 11) is 0. The van der Waals surface area contributed by atoms with Crippen LogP contribution in [0.2, 0.25) is 0 Å². The Hall–Kier alpha value is -1.03. The molecular formula is C15H25N3O. The van der Waals surface area contributed by atoms with Gasteiger partial charge in [-0.05, 0) is 37.5 Å². The molecule has 1 N–H and O–H groups in total. The van der Waals surface area contributed by atoms with Gasteiger partial charge in [-0.15, -0.1) is 0 Å². The standard InChI is InChI=1S/C15H25N3O/c1-15(2)6-3-8-18(9-7-15)14-17-13(11-19-14)10-16-12-4-5-12/h11-12,16H,3-10H2,1-2H3. The molecule has 3 rings (SSSR count). The van der Waals surface area contributed by atoms with Crippen molar-refractivity contribution < 1.29 is 4.42 Å². The second-order valence-corrected chi connectivity index (χ2v) is 6.78. The minimum Gasteiger partial charge on any atom is -0.432 e. The fraction of sp³-hybridized carbons (Fsp3) is 0.800. The summed E-state index contributed by atoms with van der Waals surface area (Å²) in [5, 5.41) is 3.47. The van der Waals surface area contributed by atoms with Gasteiger partial charge in [0.05, 0.1) is 5.69 Å². The average molecular weight is 263 g/mol. The number of hydrogen-bond acceptors (Lipinski definition) is 4. The molecule has 0 unspecified atom stereocenters. The summed E-state index contributed by atoms with van der Waals surface area (Å²) in [4.78, 5) is 6.92. The van der Waals surface area contributed by atoms with Crippen molar-refractivity contribution in [2.75, 3.05) is 18.0 Å². The van der Waals surface area contributed by atoms with Crippen molar-refractivity contribution in [3.05, 3.63) is 12.0 Å². The van der Waals surface area contributed by atoms with Crippen LogP contribution in [-0.2, 0) is 6.54 Å². The Bertz CT molecular complexity index is 423. The van der Waals surface area contributed by atoms with Crippen LogP contribution in [0.5, 0.6) is 0 Å². The molecule has 1 aliphatic heterocycles. The van der Waals surface area contributed by atoms with Crippen LogP contribution in [-0.4, -0.2) is 24.1 Å². The van der Waals surface area contributed by atoms with Gasteiger partial charge < -0.3 is 14.6 Å². The van der Waals surface area contributed by atoms with Crippen LogP contribution < -0.4 is 10.2 Å². The van der Waals surface area contributed by atoms with Crippen molar-refractivity contribution in [2.45, 2.75) is 58.5 Å². The van der Waals surface area contributed by atoms with E-state index in [0.29, 0.717) is 5.41 Å². The minimum absolute atomic E-state index is 0.456. The van der Waals surface area contributed by atoms with Crippen molar-refractivity contribution >= 4 is 6.01 Å². The summed E-state index contributed by atoms with van der Waals surface area (Å²) < 4.78 is 5.66. The number of oxazole rings is 1. The minimum atomic E-state index is 0.456. The molecule has 4 heteroatoms. The highest BCUT2D eigenvalue weighted by atomic mass is 16.4. The molecule has 2 fully saturated rings. The molecule has 1 aromatic heterocycles. The van der Waals surface area contributed by atoms with Crippen molar-refractivity contribution in [3.8, 4) is 0 Å². The quantitative estimate of drug-likeness (QED) is 0.907. The summed E-state index contributed by atoms with van der Waals surface area (Å²) in [5.74, 6) is 0. The van der Waals surface area contributed by atoms with Crippen LogP contribution in [0.3, 0.4) is 0 Å². The lowest BCUT2D eigenvalue weighted by molar-refractivity contribution is 0.324. The molecule has 2 heterocycles. The van der Waals surface area contributed by atoms with E-state index in [4.69, 9.17) is 4.42 Å². The Morgan fingerprint density at radius 1 is 1.37 bits per heavy atom. The van der Waals surface area contributed by atoms with Gasteiger partial charge >= 0.3 is 0 Å². The second-order valence-electron chi connectivity index (χ2n) is 6.78. The smallest absolute Gasteiger partial charge is 0.297 e. The van der Waals surface area contributed by atoms with Crippen LogP contribution >= 0.6 is 0 Å². The molecule has 4 nitrogen and oxygen atoms in total. The van der Waals surface area contributed by atoms with Crippen LogP contribution in [0.25, 0.3) is 0 Å². The molecule has 2 aliphatic rings. The largest absolute Gasteiger partial charge is 0.432 e. The Labute approximate surface area is 115 Å². The van der Waals surface area contributed by atoms with Gasteiger partial charge in [0.1, 0.15) is 6.26 Å². The van der Waals surface area contributed by atoms with E-state index in [9.17, 15) is 0 Å². The van der Waals surface area contributed by atoms with Gasteiger partial charge in [0.2, 0.25) is 0 Å². The van der Waals surface area contributed by atoms with Gasteiger partial charge in [-0.2, -0.15) is 4.98 Å². The Kier molecular flexibility index (Phi) is 3.52. The zero-order chi connectivity index (χ0) is 13.3. The number of nitrogens with one attached hydrogen (secondary N) is 1. The first-order chi connectivity index (χ1) is 9.12. The summed E-state index contributed by atoms with van der Waals surface area (Å²) >= 11 is 0. The van der Waals surface area contributed by atoms with Crippen LogP contribution in [0.15, 0.2) is 10.7 Å².